The van der Waals surface area contributed by atoms with Crippen molar-refractivity contribution in [2.24, 2.45) is 0 Å². The van der Waals surface area contributed by atoms with Gasteiger partial charge in [-0.3, -0.25) is 0 Å². The predicted octanol–water partition coefficient (Wildman–Crippen LogP) is 5.80. The number of benzene rings is 4. The molecule has 0 aliphatic carbocycles. The smallest absolute Gasteiger partial charge is 0.230 e. The van der Waals surface area contributed by atoms with Gasteiger partial charge >= 0.3 is 0 Å². The Kier molecular flexibility index (Phi) is 9.19. The van der Waals surface area contributed by atoms with Crippen LogP contribution in [0.4, 0.5) is 0 Å². The van der Waals surface area contributed by atoms with E-state index in [2.05, 4.69) is 21.4 Å². The molecule has 0 bridgehead atoms. The SMILES string of the molecule is CC(CO)(CO)NCc1cc(Cl)c(Oc2ncnc3c(-c4ccc5c(c4)OCCO5)cccc23)cc1OCc1cccc(C#N)c1. The quantitative estimate of drug-likeness (QED) is 0.163. The Bertz CT molecular complexity index is 1920. The van der Waals surface area contributed by atoms with Crippen LogP contribution < -0.4 is 24.3 Å². The third kappa shape index (κ3) is 6.68. The second kappa shape index (κ2) is 13.6. The van der Waals surface area contributed by atoms with E-state index in [1.807, 2.05) is 42.5 Å². The van der Waals surface area contributed by atoms with Crippen molar-refractivity contribution in [1.82, 2.24) is 15.3 Å². The second-order valence-electron chi connectivity index (χ2n) is 11.1. The van der Waals surface area contributed by atoms with Crippen LogP contribution >= 0.6 is 11.6 Å². The number of fused-ring (bicyclic) bond motifs is 2. The van der Waals surface area contributed by atoms with Gasteiger partial charge in [-0.15, -0.1) is 0 Å². The van der Waals surface area contributed by atoms with Gasteiger partial charge in [0.15, 0.2) is 17.2 Å². The van der Waals surface area contributed by atoms with E-state index in [9.17, 15) is 15.5 Å². The molecule has 1 aromatic heterocycles. The molecule has 0 spiro atoms. The third-order valence-electron chi connectivity index (χ3n) is 7.66. The van der Waals surface area contributed by atoms with E-state index in [4.69, 9.17) is 30.5 Å². The highest BCUT2D eigenvalue weighted by atomic mass is 35.5. The molecule has 0 saturated carbocycles. The molecule has 0 unspecified atom stereocenters. The minimum Gasteiger partial charge on any atom is -0.488 e. The number of halogens is 1. The Hall–Kier alpha value is -4.92. The summed E-state index contributed by atoms with van der Waals surface area (Å²) in [6.07, 6.45) is 1.44. The number of nitriles is 1. The van der Waals surface area contributed by atoms with Crippen molar-refractivity contribution in [3.05, 3.63) is 101 Å². The summed E-state index contributed by atoms with van der Waals surface area (Å²) in [5.41, 5.74) is 3.54. The van der Waals surface area contributed by atoms with Gasteiger partial charge in [-0.05, 0) is 54.4 Å². The van der Waals surface area contributed by atoms with Crippen molar-refractivity contribution in [2.75, 3.05) is 26.4 Å². The fraction of sp³-hybridized carbons (Fsp3) is 0.229. The van der Waals surface area contributed by atoms with Crippen LogP contribution in [0.5, 0.6) is 28.9 Å². The first-order chi connectivity index (χ1) is 22.4. The molecule has 234 valence electrons. The van der Waals surface area contributed by atoms with Crippen molar-refractivity contribution >= 4 is 22.5 Å². The lowest BCUT2D eigenvalue weighted by molar-refractivity contribution is 0.103. The van der Waals surface area contributed by atoms with Gasteiger partial charge in [-0.1, -0.05) is 41.9 Å². The molecule has 10 nitrogen and oxygen atoms in total. The summed E-state index contributed by atoms with van der Waals surface area (Å²) < 4.78 is 24.0. The summed E-state index contributed by atoms with van der Waals surface area (Å²) in [7, 11) is 0. The van der Waals surface area contributed by atoms with Crippen LogP contribution in [0.25, 0.3) is 22.0 Å². The number of aliphatic hydroxyl groups excluding tert-OH is 2. The fourth-order valence-corrected chi connectivity index (χ4v) is 5.21. The van der Waals surface area contributed by atoms with Crippen LogP contribution in [-0.2, 0) is 13.2 Å². The highest BCUT2D eigenvalue weighted by Gasteiger charge is 2.23. The number of ether oxygens (including phenoxy) is 4. The summed E-state index contributed by atoms with van der Waals surface area (Å²) in [5, 5.41) is 33.0. The number of para-hydroxylation sites is 1. The molecule has 1 aliphatic heterocycles. The van der Waals surface area contributed by atoms with Crippen molar-refractivity contribution in [3.8, 4) is 46.1 Å². The largest absolute Gasteiger partial charge is 0.488 e. The van der Waals surface area contributed by atoms with Crippen LogP contribution in [0, 0.1) is 11.3 Å². The normalized spacial score (nSPS) is 12.5. The zero-order chi connectivity index (χ0) is 32.1. The Labute approximate surface area is 270 Å². The number of hydrogen-bond acceptors (Lipinski definition) is 10. The Morgan fingerprint density at radius 2 is 1.76 bits per heavy atom. The molecular formula is C35H31ClN4O6. The number of rotatable bonds is 11. The molecule has 4 aromatic carbocycles. The number of nitrogens with one attached hydrogen (secondary N) is 1. The predicted molar refractivity (Wildman–Crippen MR) is 172 cm³/mol. The minimum atomic E-state index is -0.922. The maximum Gasteiger partial charge on any atom is 0.230 e. The number of aliphatic hydroxyl groups is 2. The summed E-state index contributed by atoms with van der Waals surface area (Å²) in [6.45, 7) is 2.58. The van der Waals surface area contributed by atoms with Crippen LogP contribution in [0.15, 0.2) is 79.1 Å². The van der Waals surface area contributed by atoms with Crippen LogP contribution in [0.3, 0.4) is 0 Å². The fourth-order valence-electron chi connectivity index (χ4n) is 4.98. The summed E-state index contributed by atoms with van der Waals surface area (Å²) >= 11 is 6.76. The molecule has 1 aliphatic rings. The average molecular weight is 639 g/mol. The number of hydrogen-bond donors (Lipinski definition) is 3. The van der Waals surface area contributed by atoms with Gasteiger partial charge < -0.3 is 34.5 Å². The van der Waals surface area contributed by atoms with Gasteiger partial charge in [0.1, 0.15) is 31.9 Å². The standard InChI is InChI=1S/C35H31ClN4O6/c1-35(19-41,20-42)40-17-25-13-28(36)31(15-30(25)45-18-23-5-2-4-22(12-23)16-37)46-34-27-7-3-6-26(33(27)38-21-39-34)24-8-9-29-32(14-24)44-11-10-43-29/h2-9,12-15,21,40-42H,10-11,17-20H2,1H3. The third-order valence-corrected chi connectivity index (χ3v) is 7.95. The van der Waals surface area contributed by atoms with Crippen molar-refractivity contribution in [3.63, 3.8) is 0 Å². The Balaban J connectivity index is 1.34. The van der Waals surface area contributed by atoms with Gasteiger partial charge in [-0.25, -0.2) is 9.97 Å². The van der Waals surface area contributed by atoms with Gasteiger partial charge in [0.05, 0.1) is 46.3 Å². The van der Waals surface area contributed by atoms with Crippen LogP contribution in [-0.4, -0.2) is 52.1 Å². The van der Waals surface area contributed by atoms with Gasteiger partial charge in [-0.2, -0.15) is 5.26 Å². The zero-order valence-electron chi connectivity index (χ0n) is 25.0. The minimum absolute atomic E-state index is 0.177. The van der Waals surface area contributed by atoms with Crippen LogP contribution in [0.2, 0.25) is 5.02 Å². The van der Waals surface area contributed by atoms with E-state index in [0.29, 0.717) is 69.1 Å². The average Bonchev–Trinajstić information content (AvgIpc) is 3.10. The lowest BCUT2D eigenvalue weighted by Crippen LogP contribution is -2.48. The maximum atomic E-state index is 9.78. The second-order valence-corrected chi connectivity index (χ2v) is 11.5. The topological polar surface area (TPSA) is 139 Å². The number of nitrogens with zero attached hydrogens (tertiary/aromatic N) is 3. The lowest BCUT2D eigenvalue weighted by atomic mass is 10.0. The van der Waals surface area contributed by atoms with Crippen molar-refractivity contribution < 1.29 is 29.2 Å². The van der Waals surface area contributed by atoms with Gasteiger partial charge in [0.25, 0.3) is 0 Å². The molecule has 0 saturated heterocycles. The molecule has 5 aromatic rings. The highest BCUT2D eigenvalue weighted by molar-refractivity contribution is 6.32. The molecule has 0 atom stereocenters. The lowest BCUT2D eigenvalue weighted by Gasteiger charge is -2.27. The van der Waals surface area contributed by atoms with Crippen LogP contribution in [0.1, 0.15) is 23.6 Å². The van der Waals surface area contributed by atoms with E-state index < -0.39 is 5.54 Å². The van der Waals surface area contributed by atoms with Crippen molar-refractivity contribution in [1.29, 1.82) is 5.26 Å². The summed E-state index contributed by atoms with van der Waals surface area (Å²) in [4.78, 5) is 9.00. The molecule has 46 heavy (non-hydrogen) atoms. The van der Waals surface area contributed by atoms with E-state index in [-0.39, 0.29) is 26.4 Å². The van der Waals surface area contributed by atoms with E-state index in [0.717, 1.165) is 16.7 Å². The molecule has 0 amide bonds. The molecule has 11 heteroatoms. The number of aromatic nitrogens is 2. The maximum absolute atomic E-state index is 9.78. The van der Waals surface area contributed by atoms with Gasteiger partial charge in [0, 0.05) is 23.7 Å². The molecule has 0 radical (unpaired) electrons. The first-order valence-electron chi connectivity index (χ1n) is 14.6. The molecule has 0 fully saturated rings. The zero-order valence-corrected chi connectivity index (χ0v) is 25.8. The first-order valence-corrected chi connectivity index (χ1v) is 15.0. The summed E-state index contributed by atoms with van der Waals surface area (Å²) in [5.74, 6) is 2.46. The van der Waals surface area contributed by atoms with E-state index in [1.54, 1.807) is 37.3 Å². The Morgan fingerprint density at radius 1 is 0.957 bits per heavy atom. The highest BCUT2D eigenvalue weighted by Crippen LogP contribution is 2.40. The monoisotopic (exact) mass is 638 g/mol. The Morgan fingerprint density at radius 3 is 2.57 bits per heavy atom. The molecule has 3 N–H and O–H groups in total. The van der Waals surface area contributed by atoms with E-state index in [1.165, 1.54) is 6.33 Å². The van der Waals surface area contributed by atoms with Crippen molar-refractivity contribution in [2.45, 2.75) is 25.6 Å². The molecule has 6 rings (SSSR count). The molecule has 2 heterocycles. The first kappa shape index (κ1) is 31.1. The van der Waals surface area contributed by atoms with Gasteiger partial charge in [0.2, 0.25) is 5.88 Å². The molecular weight excluding hydrogens is 608 g/mol. The van der Waals surface area contributed by atoms with E-state index >= 15 is 0 Å². The summed E-state index contributed by atoms with van der Waals surface area (Å²) in [6, 6.07) is 24.2.